The molecule has 17 heavy (non-hydrogen) atoms. The van der Waals surface area contributed by atoms with Gasteiger partial charge in [0.05, 0.1) is 11.9 Å². The van der Waals surface area contributed by atoms with Gasteiger partial charge in [0.2, 0.25) is 0 Å². The van der Waals surface area contributed by atoms with Gasteiger partial charge in [0.1, 0.15) is 5.60 Å². The summed E-state index contributed by atoms with van der Waals surface area (Å²) in [5, 5.41) is 2.60. The number of nitrogens with zero attached hydrogens (tertiary/aromatic N) is 1. The lowest BCUT2D eigenvalue weighted by Crippen LogP contribution is -2.32. The number of aromatic nitrogens is 2. The Kier molecular flexibility index (Phi) is 4.14. The molecule has 0 fully saturated rings. The summed E-state index contributed by atoms with van der Waals surface area (Å²) in [6, 6.07) is 0. The molecule has 1 amide bonds. The Labute approximate surface area is 100 Å². The molecule has 6 nitrogen and oxygen atoms in total. The third kappa shape index (κ3) is 5.60. The highest BCUT2D eigenvalue weighted by atomic mass is 16.6. The minimum Gasteiger partial charge on any atom is -0.444 e. The van der Waals surface area contributed by atoms with Crippen LogP contribution in [0.2, 0.25) is 0 Å². The summed E-state index contributed by atoms with van der Waals surface area (Å²) in [4.78, 5) is 17.9. The van der Waals surface area contributed by atoms with Gasteiger partial charge < -0.3 is 20.8 Å². The van der Waals surface area contributed by atoms with Crippen LogP contribution in [-0.4, -0.2) is 28.2 Å². The summed E-state index contributed by atoms with van der Waals surface area (Å²) < 4.78 is 5.07. The number of aromatic amines is 1. The molecule has 0 aliphatic rings. The van der Waals surface area contributed by atoms with Crippen molar-refractivity contribution in [3.05, 3.63) is 18.0 Å². The van der Waals surface area contributed by atoms with Crippen molar-refractivity contribution in [3.63, 3.8) is 0 Å². The van der Waals surface area contributed by atoms with Gasteiger partial charge in [0.25, 0.3) is 0 Å². The van der Waals surface area contributed by atoms with Crippen LogP contribution in [0.15, 0.2) is 12.3 Å². The molecule has 94 valence electrons. The molecule has 6 heteroatoms. The summed E-state index contributed by atoms with van der Waals surface area (Å²) in [5.74, 6) is 0.366. The van der Waals surface area contributed by atoms with Crippen LogP contribution in [0.5, 0.6) is 0 Å². The van der Waals surface area contributed by atoms with E-state index in [0.29, 0.717) is 12.5 Å². The Bertz CT molecular complexity index is 404. The summed E-state index contributed by atoms with van der Waals surface area (Å²) >= 11 is 0. The standard InChI is InChI=1S/C11H18N4O2/c1-11(2,3)17-10(16)13-6-4-5-8-7-14-9(12)15-8/h4-5,7H,6H2,1-3H3,(H,13,16)(H3,12,14,15)/b5-4+. The minimum absolute atomic E-state index is 0.366. The molecule has 0 aliphatic heterocycles. The van der Waals surface area contributed by atoms with Crippen molar-refractivity contribution in [2.75, 3.05) is 12.3 Å². The predicted octanol–water partition coefficient (Wildman–Crippen LogP) is 1.53. The SMILES string of the molecule is CC(C)(C)OC(=O)NC/C=C/c1cnc(N)[nH]1. The lowest BCUT2D eigenvalue weighted by atomic mass is 10.2. The molecular weight excluding hydrogens is 220 g/mol. The number of alkyl carbamates (subject to hydrolysis) is 1. The number of ether oxygens (including phenoxy) is 1. The highest BCUT2D eigenvalue weighted by Gasteiger charge is 2.14. The molecule has 0 radical (unpaired) electrons. The second-order valence-electron chi connectivity index (χ2n) is 4.51. The fraction of sp³-hybridized carbons (Fsp3) is 0.455. The smallest absolute Gasteiger partial charge is 0.407 e. The average Bonchev–Trinajstić information content (AvgIpc) is 2.56. The number of nitrogens with one attached hydrogen (secondary N) is 2. The maximum absolute atomic E-state index is 11.3. The number of amides is 1. The zero-order chi connectivity index (χ0) is 12.9. The van der Waals surface area contributed by atoms with E-state index in [-0.39, 0.29) is 0 Å². The fourth-order valence-electron chi connectivity index (χ4n) is 1.08. The third-order valence-corrected chi connectivity index (χ3v) is 1.68. The van der Waals surface area contributed by atoms with Gasteiger partial charge in [0, 0.05) is 6.54 Å². The van der Waals surface area contributed by atoms with Gasteiger partial charge in [-0.1, -0.05) is 6.08 Å². The Balaban J connectivity index is 2.28. The Morgan fingerprint density at radius 2 is 2.35 bits per heavy atom. The maximum atomic E-state index is 11.3. The van der Waals surface area contributed by atoms with Crippen LogP contribution in [0.3, 0.4) is 0 Å². The molecule has 0 spiro atoms. The van der Waals surface area contributed by atoms with Crippen molar-refractivity contribution in [1.29, 1.82) is 0 Å². The van der Waals surface area contributed by atoms with E-state index in [2.05, 4.69) is 15.3 Å². The van der Waals surface area contributed by atoms with Gasteiger partial charge in [0.15, 0.2) is 5.95 Å². The Morgan fingerprint density at radius 1 is 1.65 bits per heavy atom. The molecule has 0 aliphatic carbocycles. The van der Waals surface area contributed by atoms with E-state index in [4.69, 9.17) is 10.5 Å². The number of H-pyrrole nitrogens is 1. The molecule has 1 aromatic heterocycles. The number of carbonyl (C=O) groups excluding carboxylic acids is 1. The molecule has 1 rings (SSSR count). The van der Waals surface area contributed by atoms with Crippen molar-refractivity contribution in [3.8, 4) is 0 Å². The molecule has 1 aromatic rings. The van der Waals surface area contributed by atoms with E-state index in [0.717, 1.165) is 5.69 Å². The highest BCUT2D eigenvalue weighted by Crippen LogP contribution is 2.06. The Hall–Kier alpha value is -1.98. The lowest BCUT2D eigenvalue weighted by Gasteiger charge is -2.19. The maximum Gasteiger partial charge on any atom is 0.407 e. The number of imidazole rings is 1. The van der Waals surface area contributed by atoms with E-state index >= 15 is 0 Å². The van der Waals surface area contributed by atoms with E-state index in [9.17, 15) is 4.79 Å². The molecule has 0 atom stereocenters. The first-order chi connectivity index (χ1) is 7.87. The average molecular weight is 238 g/mol. The van der Waals surface area contributed by atoms with Crippen LogP contribution in [0.25, 0.3) is 6.08 Å². The molecule has 0 saturated carbocycles. The first-order valence-electron chi connectivity index (χ1n) is 5.31. The molecular formula is C11H18N4O2. The summed E-state index contributed by atoms with van der Waals surface area (Å²) in [7, 11) is 0. The van der Waals surface area contributed by atoms with Gasteiger partial charge in [-0.3, -0.25) is 0 Å². The first kappa shape index (κ1) is 13.1. The Morgan fingerprint density at radius 3 is 2.88 bits per heavy atom. The van der Waals surface area contributed by atoms with Crippen LogP contribution in [0.1, 0.15) is 26.5 Å². The number of hydrogen-bond acceptors (Lipinski definition) is 4. The van der Waals surface area contributed by atoms with Gasteiger partial charge in [-0.05, 0) is 26.8 Å². The second-order valence-corrected chi connectivity index (χ2v) is 4.51. The number of nitrogens with two attached hydrogens (primary N) is 1. The van der Waals surface area contributed by atoms with Crippen LogP contribution in [0, 0.1) is 0 Å². The third-order valence-electron chi connectivity index (χ3n) is 1.68. The van der Waals surface area contributed by atoms with E-state index < -0.39 is 11.7 Å². The van der Waals surface area contributed by atoms with Crippen molar-refractivity contribution in [2.24, 2.45) is 0 Å². The molecule has 4 N–H and O–H groups in total. The second kappa shape index (κ2) is 5.38. The van der Waals surface area contributed by atoms with Crippen molar-refractivity contribution in [1.82, 2.24) is 15.3 Å². The molecule has 1 heterocycles. The van der Waals surface area contributed by atoms with Gasteiger partial charge in [-0.2, -0.15) is 0 Å². The quantitative estimate of drug-likeness (QED) is 0.744. The zero-order valence-electron chi connectivity index (χ0n) is 10.3. The normalized spacial score (nSPS) is 11.7. The van der Waals surface area contributed by atoms with Gasteiger partial charge >= 0.3 is 6.09 Å². The summed E-state index contributed by atoms with van der Waals surface area (Å²) in [6.45, 7) is 5.83. The number of rotatable bonds is 3. The lowest BCUT2D eigenvalue weighted by molar-refractivity contribution is 0.0534. The van der Waals surface area contributed by atoms with E-state index in [1.807, 2.05) is 20.8 Å². The van der Waals surface area contributed by atoms with E-state index in [1.54, 1.807) is 18.3 Å². The van der Waals surface area contributed by atoms with Gasteiger partial charge in [-0.25, -0.2) is 9.78 Å². The van der Waals surface area contributed by atoms with Crippen LogP contribution >= 0.6 is 0 Å². The zero-order valence-corrected chi connectivity index (χ0v) is 10.3. The van der Waals surface area contributed by atoms with E-state index in [1.165, 1.54) is 0 Å². The number of anilines is 1. The van der Waals surface area contributed by atoms with Crippen LogP contribution < -0.4 is 11.1 Å². The van der Waals surface area contributed by atoms with Crippen molar-refractivity contribution in [2.45, 2.75) is 26.4 Å². The summed E-state index contributed by atoms with van der Waals surface area (Å²) in [5.41, 5.74) is 5.72. The predicted molar refractivity (Wildman–Crippen MR) is 66.3 cm³/mol. The van der Waals surface area contributed by atoms with Crippen molar-refractivity contribution < 1.29 is 9.53 Å². The number of nitrogen functional groups attached to an aromatic ring is 1. The summed E-state index contributed by atoms with van der Waals surface area (Å²) in [6.07, 6.45) is 4.72. The van der Waals surface area contributed by atoms with Crippen LogP contribution in [0.4, 0.5) is 10.7 Å². The molecule has 0 aromatic carbocycles. The number of hydrogen-bond donors (Lipinski definition) is 3. The molecule has 0 unspecified atom stereocenters. The highest BCUT2D eigenvalue weighted by molar-refractivity contribution is 5.68. The molecule has 0 saturated heterocycles. The monoisotopic (exact) mass is 238 g/mol. The number of carbonyl (C=O) groups is 1. The van der Waals surface area contributed by atoms with Crippen LogP contribution in [-0.2, 0) is 4.74 Å². The van der Waals surface area contributed by atoms with Gasteiger partial charge in [-0.15, -0.1) is 0 Å². The van der Waals surface area contributed by atoms with Crippen molar-refractivity contribution >= 4 is 18.1 Å². The minimum atomic E-state index is -0.481. The topological polar surface area (TPSA) is 93.0 Å². The molecule has 0 bridgehead atoms. The largest absolute Gasteiger partial charge is 0.444 e. The fourth-order valence-corrected chi connectivity index (χ4v) is 1.08. The first-order valence-corrected chi connectivity index (χ1v) is 5.31.